The zero-order valence-corrected chi connectivity index (χ0v) is 20.1. The van der Waals surface area contributed by atoms with E-state index in [-0.39, 0.29) is 30.6 Å². The minimum Gasteiger partial charge on any atom is -0.483 e. The molecule has 2 aromatic carbocycles. The number of hydrogen-bond acceptors (Lipinski definition) is 4. The number of carbonyl (C=O) groups is 1. The Morgan fingerprint density at radius 2 is 1.82 bits per heavy atom. The highest BCUT2D eigenvalue weighted by Gasteiger charge is 2.22. The van der Waals surface area contributed by atoms with Crippen LogP contribution in [-0.2, 0) is 31.2 Å². The van der Waals surface area contributed by atoms with Crippen LogP contribution >= 0.6 is 0 Å². The number of nitrogens with one attached hydrogen (secondary N) is 2. The summed E-state index contributed by atoms with van der Waals surface area (Å²) in [7, 11) is 0.225. The number of hydrogen-bond donors (Lipinski definition) is 2. The number of amides is 1. The maximum Gasteiger partial charge on any atom is 0.272 e. The van der Waals surface area contributed by atoms with E-state index in [4.69, 9.17) is 4.74 Å². The van der Waals surface area contributed by atoms with E-state index >= 15 is 0 Å². The number of aryl methyl sites for hydroxylation is 1. The Hall–Kier alpha value is -3.23. The van der Waals surface area contributed by atoms with Crippen molar-refractivity contribution >= 4 is 16.9 Å². The molecule has 3 rings (SSSR count). The van der Waals surface area contributed by atoms with Gasteiger partial charge in [-0.2, -0.15) is 0 Å². The molecular weight excluding hydrogens is 438 g/mol. The second-order valence-corrected chi connectivity index (χ2v) is 9.34. The number of rotatable bonds is 9. The van der Waals surface area contributed by atoms with Gasteiger partial charge in [0.05, 0.1) is 4.90 Å². The van der Waals surface area contributed by atoms with Gasteiger partial charge in [-0.25, -0.2) is 8.93 Å². The predicted octanol–water partition coefficient (Wildman–Crippen LogP) is 3.22. The highest BCUT2D eigenvalue weighted by molar-refractivity contribution is 7.83. The number of pyridine rings is 1. The molecule has 0 aliphatic heterocycles. The van der Waals surface area contributed by atoms with Gasteiger partial charge in [-0.1, -0.05) is 42.5 Å². The minimum atomic E-state index is -1.47. The van der Waals surface area contributed by atoms with Gasteiger partial charge in [0, 0.05) is 31.4 Å². The molecule has 3 aromatic rings. The molecule has 0 spiro atoms. The van der Waals surface area contributed by atoms with Crippen LogP contribution < -0.4 is 20.2 Å². The monoisotopic (exact) mass is 467 g/mol. The van der Waals surface area contributed by atoms with E-state index in [0.717, 1.165) is 11.1 Å². The molecule has 0 fully saturated rings. The van der Waals surface area contributed by atoms with Crippen molar-refractivity contribution in [3.8, 4) is 5.75 Å². The van der Waals surface area contributed by atoms with Gasteiger partial charge >= 0.3 is 0 Å². The fraction of sp³-hybridized carbons (Fsp3) is 0.280. The first-order chi connectivity index (χ1) is 15.8. The predicted molar refractivity (Wildman–Crippen MR) is 129 cm³/mol. The zero-order valence-electron chi connectivity index (χ0n) is 19.3. The summed E-state index contributed by atoms with van der Waals surface area (Å²) in [5.74, 6) is -0.419. The average Bonchev–Trinajstić information content (AvgIpc) is 2.78. The highest BCUT2D eigenvalue weighted by atomic mass is 32.2. The topological polar surface area (TPSA) is 89.4 Å². The van der Waals surface area contributed by atoms with Gasteiger partial charge in [-0.15, -0.1) is 0 Å². The molecular formula is C25H29N3O4S. The lowest BCUT2D eigenvalue weighted by Gasteiger charge is -2.19. The molecule has 0 bridgehead atoms. The summed E-state index contributed by atoms with van der Waals surface area (Å²) >= 11 is 0. The largest absolute Gasteiger partial charge is 0.483 e. The van der Waals surface area contributed by atoms with Crippen molar-refractivity contribution in [2.45, 2.75) is 44.9 Å². The molecule has 1 heterocycles. The van der Waals surface area contributed by atoms with E-state index < -0.39 is 22.3 Å². The third kappa shape index (κ3) is 6.40. The van der Waals surface area contributed by atoms with Crippen LogP contribution in [0.4, 0.5) is 0 Å². The van der Waals surface area contributed by atoms with Crippen molar-refractivity contribution in [2.24, 2.45) is 7.05 Å². The lowest BCUT2D eigenvalue weighted by atomic mass is 10.2. The molecule has 2 N–H and O–H groups in total. The molecule has 7 nitrogen and oxygen atoms in total. The first kappa shape index (κ1) is 24.4. The van der Waals surface area contributed by atoms with Gasteiger partial charge in [-0.05, 0) is 44.0 Å². The van der Waals surface area contributed by atoms with Crippen LogP contribution in [0, 0.1) is 6.92 Å². The average molecular weight is 468 g/mol. The molecule has 1 unspecified atom stereocenters. The number of ether oxygens (including phenoxy) is 1. The molecule has 33 heavy (non-hydrogen) atoms. The third-order valence-electron chi connectivity index (χ3n) is 4.95. The van der Waals surface area contributed by atoms with Crippen molar-refractivity contribution in [3.05, 3.63) is 93.4 Å². The summed E-state index contributed by atoms with van der Waals surface area (Å²) < 4.78 is 23.0. The van der Waals surface area contributed by atoms with E-state index in [2.05, 4.69) is 10.0 Å². The quantitative estimate of drug-likeness (QED) is 0.506. The summed E-state index contributed by atoms with van der Waals surface area (Å²) in [5.41, 5.74) is 2.12. The molecule has 0 aliphatic rings. The summed E-state index contributed by atoms with van der Waals surface area (Å²) in [4.78, 5) is 26.6. The van der Waals surface area contributed by atoms with Gasteiger partial charge in [-0.3, -0.25) is 9.59 Å². The Labute approximate surface area is 196 Å². The first-order valence-corrected chi connectivity index (χ1v) is 11.8. The number of carbonyl (C=O) groups excluding carboxylic acids is 1. The van der Waals surface area contributed by atoms with Crippen LogP contribution in [0.3, 0.4) is 0 Å². The number of nitrogens with zero attached hydrogens (tertiary/aromatic N) is 1. The molecule has 0 radical (unpaired) electrons. The third-order valence-corrected chi connectivity index (χ3v) is 6.04. The van der Waals surface area contributed by atoms with Gasteiger partial charge in [0.25, 0.3) is 5.91 Å². The molecule has 174 valence electrons. The normalized spacial score (nSPS) is 11.9. The summed E-state index contributed by atoms with van der Waals surface area (Å²) in [5, 5.41) is 2.83. The molecule has 0 saturated heterocycles. The Morgan fingerprint density at radius 1 is 1.09 bits per heavy atom. The van der Waals surface area contributed by atoms with Crippen LogP contribution in [0.5, 0.6) is 5.75 Å². The van der Waals surface area contributed by atoms with Crippen LogP contribution in [0.2, 0.25) is 0 Å². The van der Waals surface area contributed by atoms with Gasteiger partial charge in [0.1, 0.15) is 17.6 Å². The SMILES string of the molecule is Cc1cccc(S(=O)NCc2cc(=O)c(OCc3ccccc3)c(C(=O)NC(C)C)n2C)c1. The second kappa shape index (κ2) is 11.1. The smallest absolute Gasteiger partial charge is 0.272 e. The Morgan fingerprint density at radius 3 is 2.48 bits per heavy atom. The molecule has 0 aliphatic carbocycles. The van der Waals surface area contributed by atoms with Gasteiger partial charge in [0.15, 0.2) is 11.4 Å². The minimum absolute atomic E-state index is 0.0111. The zero-order chi connectivity index (χ0) is 24.0. The molecule has 1 amide bonds. The van der Waals surface area contributed by atoms with Crippen molar-refractivity contribution < 1.29 is 13.7 Å². The standard InChI is InChI=1S/C25H29N3O4S/c1-17(2)27-25(30)23-24(32-16-19-10-6-5-7-11-19)22(29)14-20(28(23)4)15-26-33(31)21-12-8-9-18(3)13-21/h5-14,17,26H,15-16H2,1-4H3,(H,27,30). The fourth-order valence-corrected chi connectivity index (χ4v) is 4.25. The maximum atomic E-state index is 13.0. The summed E-state index contributed by atoms with van der Waals surface area (Å²) in [6.45, 7) is 5.91. The molecule has 1 atom stereocenters. The van der Waals surface area contributed by atoms with Crippen LogP contribution in [-0.4, -0.2) is 20.7 Å². The summed E-state index contributed by atoms with van der Waals surface area (Å²) in [6, 6.07) is 18.1. The Balaban J connectivity index is 1.90. The lowest BCUT2D eigenvalue weighted by molar-refractivity contribution is 0.0927. The van der Waals surface area contributed by atoms with E-state index in [9.17, 15) is 13.8 Å². The van der Waals surface area contributed by atoms with Crippen molar-refractivity contribution in [1.82, 2.24) is 14.6 Å². The van der Waals surface area contributed by atoms with Crippen molar-refractivity contribution in [2.75, 3.05) is 0 Å². The number of benzene rings is 2. The molecule has 1 aromatic heterocycles. The van der Waals surface area contributed by atoms with Crippen molar-refractivity contribution in [3.63, 3.8) is 0 Å². The van der Waals surface area contributed by atoms with Crippen LogP contribution in [0.1, 0.15) is 41.2 Å². The van der Waals surface area contributed by atoms with Gasteiger partial charge < -0.3 is 14.6 Å². The van der Waals surface area contributed by atoms with E-state index in [1.165, 1.54) is 6.07 Å². The highest BCUT2D eigenvalue weighted by Crippen LogP contribution is 2.18. The molecule has 8 heteroatoms. The van der Waals surface area contributed by atoms with E-state index in [1.807, 2.05) is 69.3 Å². The number of aromatic nitrogens is 1. The Bertz CT molecular complexity index is 1210. The Kier molecular flexibility index (Phi) is 8.19. The van der Waals surface area contributed by atoms with E-state index in [1.54, 1.807) is 17.7 Å². The van der Waals surface area contributed by atoms with Crippen molar-refractivity contribution in [1.29, 1.82) is 0 Å². The van der Waals surface area contributed by atoms with Gasteiger partial charge in [0.2, 0.25) is 5.43 Å². The second-order valence-electron chi connectivity index (χ2n) is 8.05. The molecule has 0 saturated carbocycles. The summed E-state index contributed by atoms with van der Waals surface area (Å²) in [6.07, 6.45) is 0. The van der Waals surface area contributed by atoms with E-state index in [0.29, 0.717) is 10.6 Å². The van der Waals surface area contributed by atoms with Crippen LogP contribution in [0.25, 0.3) is 0 Å². The first-order valence-electron chi connectivity index (χ1n) is 10.7. The maximum absolute atomic E-state index is 13.0. The van der Waals surface area contributed by atoms with Crippen LogP contribution in [0.15, 0.2) is 70.4 Å². The fourth-order valence-electron chi connectivity index (χ4n) is 3.30. The lowest BCUT2D eigenvalue weighted by Crippen LogP contribution is -2.35.